The number of nitrogens with zero attached hydrogens (tertiary/aromatic N) is 1. The van der Waals surface area contributed by atoms with Crippen LogP contribution in [0.25, 0.3) is 0 Å². The Balaban J connectivity index is 2.11. The first-order chi connectivity index (χ1) is 12.5. The number of esters is 1. The summed E-state index contributed by atoms with van der Waals surface area (Å²) in [6, 6.07) is 13.9. The maximum absolute atomic E-state index is 12.5. The molecular formula is C18H18N2O5S. The van der Waals surface area contributed by atoms with Crippen LogP contribution in [0.1, 0.15) is 23.2 Å². The van der Waals surface area contributed by atoms with Gasteiger partial charge in [0, 0.05) is 12.1 Å². The van der Waals surface area contributed by atoms with Gasteiger partial charge < -0.3 is 9.47 Å². The van der Waals surface area contributed by atoms with Crippen molar-refractivity contribution in [2.45, 2.75) is 17.7 Å². The summed E-state index contributed by atoms with van der Waals surface area (Å²) in [5, 5.41) is 8.45. The van der Waals surface area contributed by atoms with E-state index >= 15 is 0 Å². The Morgan fingerprint density at radius 3 is 2.58 bits per heavy atom. The Morgan fingerprint density at radius 1 is 1.19 bits per heavy atom. The fourth-order valence-corrected chi connectivity index (χ4v) is 3.17. The van der Waals surface area contributed by atoms with Crippen LogP contribution in [0.2, 0.25) is 0 Å². The van der Waals surface area contributed by atoms with E-state index in [1.54, 1.807) is 24.3 Å². The lowest BCUT2D eigenvalue weighted by Gasteiger charge is -2.10. The van der Waals surface area contributed by atoms with E-state index < -0.39 is 16.0 Å². The molecule has 0 fully saturated rings. The summed E-state index contributed by atoms with van der Waals surface area (Å²) < 4.78 is 37.5. The van der Waals surface area contributed by atoms with Gasteiger partial charge in [0.15, 0.2) is 0 Å². The summed E-state index contributed by atoms with van der Waals surface area (Å²) in [5.41, 5.74) is 0.495. The molecule has 0 bridgehead atoms. The molecule has 136 valence electrons. The smallest absolute Gasteiger partial charge is 0.338 e. The highest BCUT2D eigenvalue weighted by Crippen LogP contribution is 2.20. The molecule has 0 aliphatic carbocycles. The van der Waals surface area contributed by atoms with Gasteiger partial charge >= 0.3 is 5.97 Å². The van der Waals surface area contributed by atoms with Crippen LogP contribution < -0.4 is 9.46 Å². The highest BCUT2D eigenvalue weighted by molar-refractivity contribution is 7.92. The Morgan fingerprint density at radius 2 is 1.92 bits per heavy atom. The van der Waals surface area contributed by atoms with Gasteiger partial charge in [0.1, 0.15) is 5.75 Å². The zero-order chi connectivity index (χ0) is 19.0. The van der Waals surface area contributed by atoms with Gasteiger partial charge in [0.05, 0.1) is 30.2 Å². The Kier molecular flexibility index (Phi) is 6.58. The second kappa shape index (κ2) is 8.87. The third kappa shape index (κ3) is 5.22. The van der Waals surface area contributed by atoms with Crippen molar-refractivity contribution in [1.82, 2.24) is 0 Å². The largest absolute Gasteiger partial charge is 0.497 e. The van der Waals surface area contributed by atoms with Gasteiger partial charge in [-0.15, -0.1) is 0 Å². The molecule has 0 aromatic heterocycles. The molecule has 0 saturated heterocycles. The molecule has 2 rings (SSSR count). The normalized spacial score (nSPS) is 10.6. The molecule has 2 aromatic rings. The molecule has 0 unspecified atom stereocenters. The number of carbonyl (C=O) groups excluding carboxylic acids is 1. The summed E-state index contributed by atoms with van der Waals surface area (Å²) in [6.07, 6.45) is 0.715. The second-order valence-corrected chi connectivity index (χ2v) is 6.94. The van der Waals surface area contributed by atoms with Crippen LogP contribution >= 0.6 is 0 Å². The van der Waals surface area contributed by atoms with Crippen LogP contribution in [-0.4, -0.2) is 28.1 Å². The molecule has 7 nitrogen and oxygen atoms in total. The van der Waals surface area contributed by atoms with Gasteiger partial charge in [0.2, 0.25) is 0 Å². The lowest BCUT2D eigenvalue weighted by atomic mass is 10.2. The van der Waals surface area contributed by atoms with Gasteiger partial charge in [-0.2, -0.15) is 5.26 Å². The maximum atomic E-state index is 12.5. The minimum absolute atomic E-state index is 0.0557. The van der Waals surface area contributed by atoms with Gasteiger partial charge in [-0.1, -0.05) is 6.07 Å². The summed E-state index contributed by atoms with van der Waals surface area (Å²) in [7, 11) is -2.34. The number of hydrogen-bond donors (Lipinski definition) is 1. The quantitative estimate of drug-likeness (QED) is 0.562. The van der Waals surface area contributed by atoms with E-state index in [1.165, 1.54) is 31.4 Å². The average Bonchev–Trinajstić information content (AvgIpc) is 2.65. The van der Waals surface area contributed by atoms with Crippen LogP contribution in [0.5, 0.6) is 5.75 Å². The topological polar surface area (TPSA) is 105 Å². The number of ether oxygens (including phenoxy) is 2. The first-order valence-corrected chi connectivity index (χ1v) is 9.25. The SMILES string of the molecule is COc1ccc(NS(=O)(=O)c2cccc(C(=O)OCCCC#N)c2)cc1. The third-order valence-electron chi connectivity index (χ3n) is 3.39. The Labute approximate surface area is 152 Å². The van der Waals surface area contributed by atoms with E-state index in [1.807, 2.05) is 6.07 Å². The molecule has 0 saturated carbocycles. The third-order valence-corrected chi connectivity index (χ3v) is 4.77. The molecule has 1 N–H and O–H groups in total. The van der Waals surface area contributed by atoms with Crippen LogP contribution in [0.4, 0.5) is 5.69 Å². The van der Waals surface area contributed by atoms with Crippen molar-refractivity contribution >= 4 is 21.7 Å². The molecule has 0 aliphatic heterocycles. The summed E-state index contributed by atoms with van der Waals surface area (Å²) in [4.78, 5) is 11.9. The zero-order valence-corrected chi connectivity index (χ0v) is 15.0. The number of nitrogens with one attached hydrogen (secondary N) is 1. The minimum Gasteiger partial charge on any atom is -0.497 e. The highest BCUT2D eigenvalue weighted by Gasteiger charge is 2.17. The second-order valence-electron chi connectivity index (χ2n) is 5.26. The molecule has 2 aromatic carbocycles. The fraction of sp³-hybridized carbons (Fsp3) is 0.222. The van der Waals surface area contributed by atoms with Crippen molar-refractivity contribution in [3.8, 4) is 11.8 Å². The number of sulfonamides is 1. The molecule has 26 heavy (non-hydrogen) atoms. The van der Waals surface area contributed by atoms with Gasteiger partial charge in [-0.05, 0) is 48.9 Å². The van der Waals surface area contributed by atoms with Gasteiger partial charge in [-0.3, -0.25) is 4.72 Å². The van der Waals surface area contributed by atoms with Crippen LogP contribution in [0, 0.1) is 11.3 Å². The number of carbonyl (C=O) groups is 1. The Hall–Kier alpha value is -3.05. The number of methoxy groups -OCH3 is 1. The molecule has 0 aliphatic rings. The van der Waals surface area contributed by atoms with E-state index in [0.29, 0.717) is 17.9 Å². The van der Waals surface area contributed by atoms with E-state index in [0.717, 1.165) is 0 Å². The van der Waals surface area contributed by atoms with E-state index in [-0.39, 0.29) is 23.5 Å². The average molecular weight is 374 g/mol. The van der Waals surface area contributed by atoms with E-state index in [4.69, 9.17) is 14.7 Å². The monoisotopic (exact) mass is 374 g/mol. The maximum Gasteiger partial charge on any atom is 0.338 e. The number of unbranched alkanes of at least 4 members (excludes halogenated alkanes) is 1. The molecule has 0 amide bonds. The number of nitriles is 1. The summed E-state index contributed by atoms with van der Waals surface area (Å²) in [5.74, 6) is -0.0291. The summed E-state index contributed by atoms with van der Waals surface area (Å²) in [6.45, 7) is 0.105. The molecule has 0 radical (unpaired) electrons. The van der Waals surface area contributed by atoms with Crippen molar-refractivity contribution in [2.24, 2.45) is 0 Å². The van der Waals surface area contributed by atoms with Crippen molar-refractivity contribution in [3.63, 3.8) is 0 Å². The van der Waals surface area contributed by atoms with Crippen LogP contribution in [0.15, 0.2) is 53.4 Å². The first kappa shape index (κ1) is 19.3. The minimum atomic E-state index is -3.86. The van der Waals surface area contributed by atoms with Crippen LogP contribution in [-0.2, 0) is 14.8 Å². The van der Waals surface area contributed by atoms with Gasteiger partial charge in [-0.25, -0.2) is 13.2 Å². The predicted molar refractivity (Wildman–Crippen MR) is 95.4 cm³/mol. The van der Waals surface area contributed by atoms with E-state index in [9.17, 15) is 13.2 Å². The predicted octanol–water partition coefficient (Wildman–Crippen LogP) is 2.96. The molecular weight excluding hydrogens is 356 g/mol. The fourth-order valence-electron chi connectivity index (χ4n) is 2.06. The van der Waals surface area contributed by atoms with E-state index in [2.05, 4.69) is 4.72 Å². The lowest BCUT2D eigenvalue weighted by molar-refractivity contribution is 0.0501. The molecule has 0 spiro atoms. The first-order valence-electron chi connectivity index (χ1n) is 7.77. The standard InChI is InChI=1S/C18H18N2O5S/c1-24-16-9-7-15(8-10-16)20-26(22,23)17-6-4-5-14(13-17)18(21)25-12-3-2-11-19/h4-10,13,20H,2-3,12H2,1H3. The lowest BCUT2D eigenvalue weighted by Crippen LogP contribution is -2.14. The Bertz CT molecular complexity index is 902. The summed E-state index contributed by atoms with van der Waals surface area (Å²) >= 11 is 0. The molecule has 8 heteroatoms. The molecule has 0 heterocycles. The zero-order valence-electron chi connectivity index (χ0n) is 14.1. The number of hydrogen-bond acceptors (Lipinski definition) is 6. The van der Waals surface area contributed by atoms with Crippen LogP contribution in [0.3, 0.4) is 0 Å². The van der Waals surface area contributed by atoms with Gasteiger partial charge in [0.25, 0.3) is 10.0 Å². The number of rotatable bonds is 8. The molecule has 0 atom stereocenters. The number of anilines is 1. The highest BCUT2D eigenvalue weighted by atomic mass is 32.2. The van der Waals surface area contributed by atoms with Crippen molar-refractivity contribution < 1.29 is 22.7 Å². The number of benzene rings is 2. The van der Waals surface area contributed by atoms with Crippen molar-refractivity contribution in [3.05, 3.63) is 54.1 Å². The van der Waals surface area contributed by atoms with Crippen molar-refractivity contribution in [1.29, 1.82) is 5.26 Å². The van der Waals surface area contributed by atoms with Crippen molar-refractivity contribution in [2.75, 3.05) is 18.4 Å².